The Morgan fingerprint density at radius 2 is 1.88 bits per heavy atom. The van der Waals surface area contributed by atoms with Crippen LogP contribution in [0.1, 0.15) is 5.56 Å². The molecular weight excluding hydrogens is 298 g/mol. The summed E-state index contributed by atoms with van der Waals surface area (Å²) in [5, 5.41) is 0. The minimum absolute atomic E-state index is 0. The second kappa shape index (κ2) is 6.73. The second-order valence-corrected chi connectivity index (χ2v) is 4.09. The average molecular weight is 308 g/mol. The summed E-state index contributed by atoms with van der Waals surface area (Å²) in [4.78, 5) is 11.0. The summed E-state index contributed by atoms with van der Waals surface area (Å²) in [7, 11) is -5.04. The van der Waals surface area contributed by atoms with E-state index in [1.807, 2.05) is 0 Å². The van der Waals surface area contributed by atoms with E-state index >= 15 is 0 Å². The van der Waals surface area contributed by atoms with Gasteiger partial charge in [-0.2, -0.15) is 0 Å². The first-order valence-electron chi connectivity index (χ1n) is 4.37. The fraction of sp³-hybridized carbons (Fsp3) is 0.222. The second-order valence-electron chi connectivity index (χ2n) is 3.11. The SMILES string of the molecule is N[C@H](Cc1ccccc1)C(=O)OS(=O)(=O)[O-].[Cu+]. The molecule has 0 aromatic heterocycles. The van der Waals surface area contributed by atoms with E-state index in [0.29, 0.717) is 0 Å². The number of benzene rings is 1. The van der Waals surface area contributed by atoms with Gasteiger partial charge in [0.05, 0.1) is 0 Å². The molecule has 0 aliphatic carbocycles. The maximum Gasteiger partial charge on any atom is 1.00 e. The molecule has 1 rings (SSSR count). The molecule has 0 amide bonds. The minimum Gasteiger partial charge on any atom is -0.716 e. The molecule has 0 aliphatic rings. The average Bonchev–Trinajstić information content (AvgIpc) is 2.16. The quantitative estimate of drug-likeness (QED) is 0.459. The van der Waals surface area contributed by atoms with Crippen LogP contribution in [0.5, 0.6) is 0 Å². The van der Waals surface area contributed by atoms with Crippen molar-refractivity contribution in [3.05, 3.63) is 35.9 Å². The molecule has 0 heterocycles. The summed E-state index contributed by atoms with van der Waals surface area (Å²) in [6.07, 6.45) is 0.106. The van der Waals surface area contributed by atoms with Crippen LogP contribution in [0.4, 0.5) is 0 Å². The summed E-state index contributed by atoms with van der Waals surface area (Å²) < 4.78 is 34.1. The van der Waals surface area contributed by atoms with Crippen molar-refractivity contribution in [1.82, 2.24) is 0 Å². The fourth-order valence-corrected chi connectivity index (χ4v) is 1.44. The van der Waals surface area contributed by atoms with E-state index in [1.54, 1.807) is 30.3 Å². The third-order valence-electron chi connectivity index (χ3n) is 1.79. The van der Waals surface area contributed by atoms with Gasteiger partial charge in [-0.25, -0.2) is 13.2 Å². The van der Waals surface area contributed by atoms with E-state index in [9.17, 15) is 17.8 Å². The van der Waals surface area contributed by atoms with Gasteiger partial charge in [-0.3, -0.25) is 0 Å². The molecule has 8 heteroatoms. The van der Waals surface area contributed by atoms with E-state index in [0.717, 1.165) is 5.56 Å². The topological polar surface area (TPSA) is 110 Å². The van der Waals surface area contributed by atoms with Gasteiger partial charge in [0.2, 0.25) is 0 Å². The molecule has 98 valence electrons. The van der Waals surface area contributed by atoms with Crippen molar-refractivity contribution in [2.24, 2.45) is 5.73 Å². The summed E-state index contributed by atoms with van der Waals surface area (Å²) in [5.41, 5.74) is 6.12. The van der Waals surface area contributed by atoms with Gasteiger partial charge in [0.1, 0.15) is 6.04 Å². The van der Waals surface area contributed by atoms with E-state index in [1.165, 1.54) is 0 Å². The van der Waals surface area contributed by atoms with E-state index in [4.69, 9.17) is 5.73 Å². The van der Waals surface area contributed by atoms with Gasteiger partial charge in [-0.15, -0.1) is 0 Å². The molecule has 0 saturated carbocycles. The van der Waals surface area contributed by atoms with Gasteiger partial charge in [0.15, 0.2) is 0 Å². The van der Waals surface area contributed by atoms with Crippen LogP contribution in [0.2, 0.25) is 0 Å². The summed E-state index contributed by atoms with van der Waals surface area (Å²) in [6, 6.07) is 7.55. The van der Waals surface area contributed by atoms with Gasteiger partial charge in [0.25, 0.3) is 10.4 Å². The Balaban J connectivity index is 0.00000256. The van der Waals surface area contributed by atoms with Crippen LogP contribution in [0, 0.1) is 0 Å². The van der Waals surface area contributed by atoms with Crippen LogP contribution in [0.25, 0.3) is 0 Å². The number of carbonyl (C=O) groups excluding carboxylic acids is 1. The molecule has 6 nitrogen and oxygen atoms in total. The zero-order valence-electron chi connectivity index (χ0n) is 8.50. The molecule has 1 aromatic carbocycles. The van der Waals surface area contributed by atoms with E-state index in [2.05, 4.69) is 4.18 Å². The first-order chi connectivity index (χ1) is 7.38. The van der Waals surface area contributed by atoms with Crippen LogP contribution in [-0.4, -0.2) is 25.0 Å². The molecule has 0 spiro atoms. The number of hydrogen-bond donors (Lipinski definition) is 1. The first-order valence-corrected chi connectivity index (χ1v) is 5.70. The van der Waals surface area contributed by atoms with Crippen molar-refractivity contribution in [2.45, 2.75) is 12.5 Å². The molecule has 0 fully saturated rings. The summed E-state index contributed by atoms with van der Waals surface area (Å²) in [5.74, 6) is -1.25. The molecule has 17 heavy (non-hydrogen) atoms. The Morgan fingerprint density at radius 3 is 2.35 bits per heavy atom. The Kier molecular flexibility index (Phi) is 6.36. The maximum absolute atomic E-state index is 11.0. The van der Waals surface area contributed by atoms with Crippen molar-refractivity contribution < 1.29 is 39.0 Å². The van der Waals surface area contributed by atoms with Crippen molar-refractivity contribution in [1.29, 1.82) is 0 Å². The molecule has 0 saturated heterocycles. The Hall–Kier alpha value is -0.921. The fourth-order valence-electron chi connectivity index (χ4n) is 1.11. The van der Waals surface area contributed by atoms with Gasteiger partial charge < -0.3 is 14.5 Å². The molecule has 2 N–H and O–H groups in total. The molecule has 0 unspecified atom stereocenters. The zero-order valence-corrected chi connectivity index (χ0v) is 10.3. The van der Waals surface area contributed by atoms with Gasteiger partial charge in [-0.1, -0.05) is 30.3 Å². The minimum atomic E-state index is -5.04. The van der Waals surface area contributed by atoms with Crippen LogP contribution in [-0.2, 0) is 42.9 Å². The molecule has 0 aliphatic heterocycles. The molecule has 1 atom stereocenters. The number of nitrogens with two attached hydrogens (primary N) is 1. The van der Waals surface area contributed by atoms with Crippen molar-refractivity contribution in [3.63, 3.8) is 0 Å². The maximum atomic E-state index is 11.0. The van der Waals surface area contributed by atoms with E-state index < -0.39 is 22.4 Å². The standard InChI is InChI=1S/C9H11NO5S.Cu/c10-8(9(11)15-16(12,13)14)6-7-4-2-1-3-5-7;/h1-5,8H,6,10H2,(H,12,13,14);/q;+1/p-1/t8-;/m1./s1. The van der Waals surface area contributed by atoms with Crippen LogP contribution in [0.3, 0.4) is 0 Å². The Labute approximate surface area is 110 Å². The largest absolute Gasteiger partial charge is 1.00 e. The first kappa shape index (κ1) is 16.1. The predicted octanol–water partition coefficient (Wildman–Crippen LogP) is -0.443. The Bertz CT molecular complexity index is 462. The molecule has 0 radical (unpaired) electrons. The third-order valence-corrected chi connectivity index (χ3v) is 2.15. The number of carbonyl (C=O) groups is 1. The van der Waals surface area contributed by atoms with Crippen molar-refractivity contribution in [2.75, 3.05) is 0 Å². The normalized spacial score (nSPS) is 12.4. The molecular formula is C9H10CuNO5S. The monoisotopic (exact) mass is 307 g/mol. The van der Waals surface area contributed by atoms with Gasteiger partial charge in [0, 0.05) is 0 Å². The van der Waals surface area contributed by atoms with Gasteiger partial charge >= 0.3 is 23.0 Å². The van der Waals surface area contributed by atoms with Crippen LogP contribution < -0.4 is 5.73 Å². The summed E-state index contributed by atoms with van der Waals surface area (Å²) >= 11 is 0. The molecule has 0 bridgehead atoms. The van der Waals surface area contributed by atoms with Crippen LogP contribution in [0.15, 0.2) is 30.3 Å². The number of rotatable bonds is 4. The number of hydrogen-bond acceptors (Lipinski definition) is 6. The Morgan fingerprint density at radius 1 is 1.35 bits per heavy atom. The van der Waals surface area contributed by atoms with Crippen molar-refractivity contribution in [3.8, 4) is 0 Å². The zero-order chi connectivity index (χ0) is 12.2. The van der Waals surface area contributed by atoms with Gasteiger partial charge in [-0.05, 0) is 12.0 Å². The van der Waals surface area contributed by atoms with E-state index in [-0.39, 0.29) is 23.5 Å². The van der Waals surface area contributed by atoms with Crippen LogP contribution >= 0.6 is 0 Å². The third kappa shape index (κ3) is 6.40. The van der Waals surface area contributed by atoms with Crippen molar-refractivity contribution >= 4 is 16.4 Å². The molecule has 1 aromatic rings. The predicted molar refractivity (Wildman–Crippen MR) is 53.9 cm³/mol. The summed E-state index contributed by atoms with van der Waals surface area (Å²) in [6.45, 7) is 0. The smallest absolute Gasteiger partial charge is 0.716 e.